The number of hydrogen-bond donors (Lipinski definition) is 0. The van der Waals surface area contributed by atoms with Crippen LogP contribution in [0.3, 0.4) is 0 Å². The number of rotatable bonds is 1. The molecule has 0 N–H and O–H groups in total. The third-order valence-electron chi connectivity index (χ3n) is 3.91. The molecule has 118 valence electrons. The first kappa shape index (κ1) is 14.4. The van der Waals surface area contributed by atoms with Gasteiger partial charge >= 0.3 is 13.1 Å². The van der Waals surface area contributed by atoms with Crippen LogP contribution in [0.25, 0.3) is 16.1 Å². The molecule has 0 spiro atoms. The van der Waals surface area contributed by atoms with E-state index in [1.807, 2.05) is 0 Å². The molecule has 0 bridgehead atoms. The van der Waals surface area contributed by atoms with Crippen LogP contribution in [0.5, 0.6) is 0 Å². The van der Waals surface area contributed by atoms with Crippen LogP contribution >= 0.6 is 11.3 Å². The third kappa shape index (κ3) is 1.89. The quantitative estimate of drug-likeness (QED) is 0.537. The van der Waals surface area contributed by atoms with Gasteiger partial charge in [-0.05, 0) is 23.6 Å². The monoisotopic (exact) mass is 342 g/mol. The summed E-state index contributed by atoms with van der Waals surface area (Å²) in [6.07, 6.45) is -1.47. The van der Waals surface area contributed by atoms with Crippen molar-refractivity contribution < 1.29 is 26.3 Å². The number of fused-ring (bicyclic) bond motifs is 2. The van der Waals surface area contributed by atoms with E-state index < -0.39 is 30.1 Å². The van der Waals surface area contributed by atoms with Crippen molar-refractivity contribution in [1.29, 1.82) is 0 Å². The van der Waals surface area contributed by atoms with Crippen molar-refractivity contribution in [2.24, 2.45) is 0 Å². The van der Waals surface area contributed by atoms with Gasteiger partial charge in [0, 0.05) is 28.4 Å². The molecule has 2 nitrogen and oxygen atoms in total. The van der Waals surface area contributed by atoms with Crippen molar-refractivity contribution in [2.75, 3.05) is 0 Å². The Morgan fingerprint density at radius 2 is 1.83 bits per heavy atom. The molecule has 0 aliphatic carbocycles. The first-order valence-electron chi connectivity index (χ1n) is 6.71. The fraction of sp³-hybridized carbons (Fsp3) is 0.0714. The first-order valence-corrected chi connectivity index (χ1v) is 7.59. The van der Waals surface area contributed by atoms with Gasteiger partial charge in [-0.2, -0.15) is 13.2 Å². The van der Waals surface area contributed by atoms with Crippen molar-refractivity contribution in [1.82, 2.24) is 4.48 Å². The van der Waals surface area contributed by atoms with Gasteiger partial charge in [-0.15, -0.1) is 11.3 Å². The third-order valence-corrected chi connectivity index (χ3v) is 4.80. The number of alkyl halides is 3. The normalized spacial score (nSPS) is 18.9. The molecule has 4 rings (SSSR count). The molecule has 2 aromatic heterocycles. The summed E-state index contributed by atoms with van der Waals surface area (Å²) < 4.78 is 71.1. The zero-order valence-corrected chi connectivity index (χ0v) is 12.2. The van der Waals surface area contributed by atoms with E-state index in [0.29, 0.717) is 13.8 Å². The van der Waals surface area contributed by atoms with E-state index in [4.69, 9.17) is 0 Å². The number of aromatic nitrogens is 1. The molecule has 23 heavy (non-hydrogen) atoms. The predicted octanol–water partition coefficient (Wildman–Crippen LogP) is 4.38. The van der Waals surface area contributed by atoms with E-state index in [-0.39, 0.29) is 5.69 Å². The van der Waals surface area contributed by atoms with E-state index in [1.165, 1.54) is 23.5 Å². The van der Waals surface area contributed by atoms with Crippen LogP contribution in [0.15, 0.2) is 47.5 Å². The molecular formula is C14H8BF5N2S. The Morgan fingerprint density at radius 3 is 2.48 bits per heavy atom. The van der Waals surface area contributed by atoms with Gasteiger partial charge in [0.2, 0.25) is 0 Å². The standard InChI is InChI=1S/C14H8BF5N2S/c16-14(17,18)13-10-3-1-7-21(10)15(19,20)22-9(5-6-11(13)22)12-4-2-8-23-12/h1-8H. The van der Waals surface area contributed by atoms with Crippen LogP contribution in [0.1, 0.15) is 5.69 Å². The number of hydrogen-bond acceptors (Lipinski definition) is 1. The summed E-state index contributed by atoms with van der Waals surface area (Å²) in [5, 5.41) is 1.69. The predicted molar refractivity (Wildman–Crippen MR) is 79.6 cm³/mol. The second-order valence-electron chi connectivity index (χ2n) is 5.21. The van der Waals surface area contributed by atoms with Crippen molar-refractivity contribution in [3.05, 3.63) is 53.2 Å². The summed E-state index contributed by atoms with van der Waals surface area (Å²) >= 11 is 1.20. The molecule has 0 atom stereocenters. The Morgan fingerprint density at radius 1 is 1.09 bits per heavy atom. The Balaban J connectivity index is 2.07. The SMILES string of the molecule is F[B-]1(F)n2c(ccc2-c2cccs2)C(C(F)(F)F)=C2C=CC=[N+]21. The number of halogens is 5. The fourth-order valence-electron chi connectivity index (χ4n) is 3.03. The molecule has 0 amide bonds. The Labute approximate surface area is 131 Å². The zero-order valence-electron chi connectivity index (χ0n) is 11.4. The molecule has 0 saturated carbocycles. The van der Waals surface area contributed by atoms with Gasteiger partial charge in [0.15, 0.2) is 5.70 Å². The Hall–Kier alpha value is -2.16. The van der Waals surface area contributed by atoms with E-state index >= 15 is 0 Å². The van der Waals surface area contributed by atoms with Gasteiger partial charge in [-0.3, -0.25) is 0 Å². The molecule has 0 unspecified atom stereocenters. The van der Waals surface area contributed by atoms with Gasteiger partial charge in [0.05, 0.1) is 0 Å². The summed E-state index contributed by atoms with van der Waals surface area (Å²) in [5.41, 5.74) is -1.97. The lowest BCUT2D eigenvalue weighted by molar-refractivity contribution is -0.358. The zero-order chi connectivity index (χ0) is 16.4. The summed E-state index contributed by atoms with van der Waals surface area (Å²) in [7, 11) is 0. The summed E-state index contributed by atoms with van der Waals surface area (Å²) in [5.74, 6) is 0. The Bertz CT molecular complexity index is 887. The largest absolute Gasteiger partial charge is 0.737 e. The van der Waals surface area contributed by atoms with Crippen LogP contribution in [0.4, 0.5) is 21.8 Å². The number of allylic oxidation sites excluding steroid dienone is 3. The highest BCUT2D eigenvalue weighted by Crippen LogP contribution is 2.46. The van der Waals surface area contributed by atoms with Crippen LogP contribution in [-0.4, -0.2) is 28.3 Å². The highest BCUT2D eigenvalue weighted by molar-refractivity contribution is 7.13. The molecule has 0 fully saturated rings. The van der Waals surface area contributed by atoms with E-state index in [0.717, 1.165) is 18.4 Å². The van der Waals surface area contributed by atoms with Crippen LogP contribution in [0.2, 0.25) is 0 Å². The van der Waals surface area contributed by atoms with Crippen molar-refractivity contribution in [2.45, 2.75) is 6.18 Å². The van der Waals surface area contributed by atoms with Crippen LogP contribution in [0, 0.1) is 0 Å². The average Bonchev–Trinajstić information content (AvgIpc) is 3.17. The Kier molecular flexibility index (Phi) is 2.79. The molecule has 2 aromatic rings. The van der Waals surface area contributed by atoms with Crippen LogP contribution < -0.4 is 0 Å². The molecule has 9 heteroatoms. The summed E-state index contributed by atoms with van der Waals surface area (Å²) in [4.78, 5) is 0.495. The van der Waals surface area contributed by atoms with E-state index in [9.17, 15) is 21.8 Å². The molecule has 0 saturated heterocycles. The van der Waals surface area contributed by atoms with E-state index in [2.05, 4.69) is 0 Å². The molecule has 0 aromatic carbocycles. The van der Waals surface area contributed by atoms with Crippen LogP contribution in [-0.2, 0) is 0 Å². The van der Waals surface area contributed by atoms with Gasteiger partial charge in [-0.25, -0.2) is 0 Å². The minimum absolute atomic E-state index is 0.0844. The topological polar surface area (TPSA) is 7.94 Å². The first-order chi connectivity index (χ1) is 10.8. The average molecular weight is 342 g/mol. The van der Waals surface area contributed by atoms with Crippen molar-refractivity contribution in [3.8, 4) is 10.6 Å². The summed E-state index contributed by atoms with van der Waals surface area (Å²) in [6.45, 7) is -4.39. The minimum atomic E-state index is -4.73. The van der Waals surface area contributed by atoms with Gasteiger partial charge in [0.1, 0.15) is 11.8 Å². The molecule has 0 radical (unpaired) electrons. The maximum Gasteiger partial charge on any atom is 0.737 e. The van der Waals surface area contributed by atoms with Gasteiger partial charge < -0.3 is 17.6 Å². The minimum Gasteiger partial charge on any atom is -0.389 e. The molecule has 4 heterocycles. The maximum absolute atomic E-state index is 14.9. The lowest BCUT2D eigenvalue weighted by Crippen LogP contribution is -2.50. The lowest BCUT2D eigenvalue weighted by Gasteiger charge is -2.32. The van der Waals surface area contributed by atoms with Crippen molar-refractivity contribution in [3.63, 3.8) is 0 Å². The van der Waals surface area contributed by atoms with E-state index in [1.54, 1.807) is 17.5 Å². The lowest BCUT2D eigenvalue weighted by atomic mass is 9.88. The van der Waals surface area contributed by atoms with Gasteiger partial charge in [0.25, 0.3) is 0 Å². The highest BCUT2D eigenvalue weighted by atomic mass is 32.1. The highest BCUT2D eigenvalue weighted by Gasteiger charge is 2.57. The molecule has 2 aliphatic heterocycles. The number of nitrogens with zero attached hydrogens (tertiary/aromatic N) is 2. The molecular weight excluding hydrogens is 334 g/mol. The summed E-state index contributed by atoms with van der Waals surface area (Å²) in [6, 6.07) is 5.71. The van der Waals surface area contributed by atoms with Gasteiger partial charge in [-0.1, -0.05) is 6.07 Å². The second kappa shape index (κ2) is 4.44. The second-order valence-corrected chi connectivity index (χ2v) is 6.16. The molecule has 2 aliphatic rings. The van der Waals surface area contributed by atoms with Crippen molar-refractivity contribution >= 4 is 30.1 Å². The fourth-order valence-corrected chi connectivity index (χ4v) is 3.78. The smallest absolute Gasteiger partial charge is 0.389 e. The maximum atomic E-state index is 14.9. The number of thiophene rings is 1.